The molecule has 0 aromatic heterocycles. The van der Waals surface area contributed by atoms with Crippen LogP contribution < -0.4 is 11.1 Å². The molecule has 2 bridgehead atoms. The smallest absolute Gasteiger partial charge is 0.369 e. The number of nitrogens with zero attached hydrogens (tertiary/aromatic N) is 1. The summed E-state index contributed by atoms with van der Waals surface area (Å²) in [5.41, 5.74) is 2.14. The second-order valence-corrected chi connectivity index (χ2v) is 7.25. The van der Waals surface area contributed by atoms with Crippen LogP contribution in [0.1, 0.15) is 19.3 Å². The Bertz CT molecular complexity index is 488. The normalized spacial score (nSPS) is 51.8. The molecule has 1 amide bonds. The molecule has 0 spiro atoms. The van der Waals surface area contributed by atoms with E-state index in [9.17, 15) is 18.0 Å². The van der Waals surface area contributed by atoms with E-state index in [0.717, 1.165) is 32.5 Å². The van der Waals surface area contributed by atoms with E-state index in [0.29, 0.717) is 5.92 Å². The molecule has 21 heavy (non-hydrogen) atoms. The lowest BCUT2D eigenvalue weighted by Gasteiger charge is -2.48. The quantitative estimate of drug-likeness (QED) is 0.790. The zero-order valence-corrected chi connectivity index (χ0v) is 11.7. The summed E-state index contributed by atoms with van der Waals surface area (Å²) in [7, 11) is 0. The predicted molar refractivity (Wildman–Crippen MR) is 69.2 cm³/mol. The third-order valence-electron chi connectivity index (χ3n) is 6.58. The molecule has 4 atom stereocenters. The SMILES string of the molecule is NC(=O)C12CC1(C(F)(F)F)CNC2[C@@H]1CN2CCC1CC2. The van der Waals surface area contributed by atoms with Crippen molar-refractivity contribution in [1.29, 1.82) is 0 Å². The molecule has 7 heteroatoms. The van der Waals surface area contributed by atoms with Gasteiger partial charge in [0.25, 0.3) is 0 Å². The maximum atomic E-state index is 13.5. The van der Waals surface area contributed by atoms with E-state index in [4.69, 9.17) is 5.73 Å². The fraction of sp³-hybridized carbons (Fsp3) is 0.929. The van der Waals surface area contributed by atoms with Gasteiger partial charge in [-0.25, -0.2) is 0 Å². The summed E-state index contributed by atoms with van der Waals surface area (Å²) in [5, 5.41) is 3.03. The Hall–Kier alpha value is -0.820. The molecule has 4 nitrogen and oxygen atoms in total. The average molecular weight is 303 g/mol. The first-order valence-corrected chi connectivity index (χ1v) is 7.64. The number of hydrogen-bond donors (Lipinski definition) is 2. The average Bonchev–Trinajstić information content (AvgIpc) is 3.03. The molecule has 4 heterocycles. The van der Waals surface area contributed by atoms with Crippen LogP contribution in [0.4, 0.5) is 13.2 Å². The van der Waals surface area contributed by atoms with Gasteiger partial charge in [0.1, 0.15) is 0 Å². The number of primary amides is 1. The lowest BCUT2D eigenvalue weighted by molar-refractivity contribution is -0.193. The summed E-state index contributed by atoms with van der Waals surface area (Å²) >= 11 is 0. The van der Waals surface area contributed by atoms with Gasteiger partial charge in [0.15, 0.2) is 0 Å². The van der Waals surface area contributed by atoms with Gasteiger partial charge in [-0.15, -0.1) is 0 Å². The Morgan fingerprint density at radius 3 is 2.38 bits per heavy atom. The van der Waals surface area contributed by atoms with Crippen molar-refractivity contribution in [2.24, 2.45) is 28.4 Å². The molecule has 5 fully saturated rings. The third kappa shape index (κ3) is 1.51. The monoisotopic (exact) mass is 303 g/mol. The maximum Gasteiger partial charge on any atom is 0.396 e. The Morgan fingerprint density at radius 1 is 1.29 bits per heavy atom. The molecule has 0 aromatic rings. The molecule has 5 rings (SSSR count). The summed E-state index contributed by atoms with van der Waals surface area (Å²) in [4.78, 5) is 14.2. The van der Waals surface area contributed by atoms with Gasteiger partial charge in [-0.2, -0.15) is 13.2 Å². The van der Waals surface area contributed by atoms with Gasteiger partial charge in [-0.1, -0.05) is 0 Å². The Balaban J connectivity index is 1.67. The van der Waals surface area contributed by atoms with Gasteiger partial charge in [-0.05, 0) is 44.2 Å². The maximum absolute atomic E-state index is 13.5. The van der Waals surface area contributed by atoms with E-state index in [1.165, 1.54) is 0 Å². The van der Waals surface area contributed by atoms with Crippen LogP contribution in [0, 0.1) is 22.7 Å². The Kier molecular flexibility index (Phi) is 2.58. The number of nitrogens with one attached hydrogen (secondary N) is 1. The molecule has 1 aliphatic carbocycles. The van der Waals surface area contributed by atoms with Crippen molar-refractivity contribution in [2.45, 2.75) is 31.5 Å². The number of halogens is 3. The number of carbonyl (C=O) groups excluding carboxylic acids is 1. The van der Waals surface area contributed by atoms with Crippen LogP contribution in [-0.2, 0) is 4.79 Å². The number of rotatable bonds is 2. The second kappa shape index (κ2) is 3.93. The molecule has 3 unspecified atom stereocenters. The molecule has 4 aliphatic heterocycles. The highest BCUT2D eigenvalue weighted by Crippen LogP contribution is 2.76. The Labute approximate surface area is 121 Å². The zero-order valence-electron chi connectivity index (χ0n) is 11.7. The van der Waals surface area contributed by atoms with Crippen molar-refractivity contribution in [3.63, 3.8) is 0 Å². The number of carbonyl (C=O) groups is 1. The molecule has 118 valence electrons. The fourth-order valence-corrected chi connectivity index (χ4v) is 5.35. The van der Waals surface area contributed by atoms with Crippen LogP contribution in [0.5, 0.6) is 0 Å². The molecule has 4 saturated heterocycles. The van der Waals surface area contributed by atoms with Crippen LogP contribution in [0.2, 0.25) is 0 Å². The number of nitrogens with two attached hydrogens (primary N) is 1. The zero-order chi connectivity index (χ0) is 15.0. The van der Waals surface area contributed by atoms with Crippen molar-refractivity contribution in [3.8, 4) is 0 Å². The van der Waals surface area contributed by atoms with E-state index < -0.39 is 29.0 Å². The number of fused-ring (bicyclic) bond motifs is 4. The first-order chi connectivity index (χ1) is 9.82. The fourth-order valence-electron chi connectivity index (χ4n) is 5.35. The largest absolute Gasteiger partial charge is 0.396 e. The number of amides is 1. The van der Waals surface area contributed by atoms with Crippen LogP contribution in [-0.4, -0.2) is 49.2 Å². The van der Waals surface area contributed by atoms with Crippen LogP contribution in [0.25, 0.3) is 0 Å². The van der Waals surface area contributed by atoms with Crippen molar-refractivity contribution in [2.75, 3.05) is 26.2 Å². The summed E-state index contributed by atoms with van der Waals surface area (Å²) in [6.45, 7) is 2.70. The second-order valence-electron chi connectivity index (χ2n) is 7.25. The van der Waals surface area contributed by atoms with Gasteiger partial charge in [-0.3, -0.25) is 4.79 Å². The molecule has 1 saturated carbocycles. The highest BCUT2D eigenvalue weighted by Gasteiger charge is 2.87. The minimum absolute atomic E-state index is 0.117. The lowest BCUT2D eigenvalue weighted by atomic mass is 9.70. The summed E-state index contributed by atoms with van der Waals surface area (Å²) in [6.07, 6.45) is -2.44. The topological polar surface area (TPSA) is 58.4 Å². The van der Waals surface area contributed by atoms with E-state index in [1.54, 1.807) is 0 Å². The molecule has 5 aliphatic rings. The van der Waals surface area contributed by atoms with Crippen molar-refractivity contribution in [1.82, 2.24) is 10.2 Å². The number of alkyl halides is 3. The van der Waals surface area contributed by atoms with Gasteiger partial charge in [0.2, 0.25) is 5.91 Å². The minimum Gasteiger partial charge on any atom is -0.369 e. The Morgan fingerprint density at radius 2 is 1.95 bits per heavy atom. The van der Waals surface area contributed by atoms with Gasteiger partial charge >= 0.3 is 6.18 Å². The standard InChI is InChI=1S/C14H20F3N3O/c15-14(16,17)12-6-13(12,11(18)21)10(19-7-12)9-5-20-3-1-8(9)2-4-20/h8-10,19H,1-7H2,(H2,18,21)/t9-,10?,12?,13?/m1/s1. The third-order valence-corrected chi connectivity index (χ3v) is 6.58. The summed E-state index contributed by atoms with van der Waals surface area (Å²) < 4.78 is 40.4. The number of piperidine rings is 4. The van der Waals surface area contributed by atoms with Gasteiger partial charge < -0.3 is 16.0 Å². The lowest BCUT2D eigenvalue weighted by Crippen LogP contribution is -2.57. The van der Waals surface area contributed by atoms with Crippen LogP contribution in [0.15, 0.2) is 0 Å². The molecule has 3 N–H and O–H groups in total. The van der Waals surface area contributed by atoms with Crippen LogP contribution in [0.3, 0.4) is 0 Å². The van der Waals surface area contributed by atoms with Gasteiger partial charge in [0, 0.05) is 19.1 Å². The highest BCUT2D eigenvalue weighted by atomic mass is 19.4. The molecule has 0 radical (unpaired) electrons. The predicted octanol–water partition coefficient (Wildman–Crippen LogP) is 0.724. The first-order valence-electron chi connectivity index (χ1n) is 7.64. The van der Waals surface area contributed by atoms with E-state index in [2.05, 4.69) is 10.2 Å². The summed E-state index contributed by atoms with van der Waals surface area (Å²) in [6, 6.07) is -0.412. The van der Waals surface area contributed by atoms with E-state index in [-0.39, 0.29) is 18.9 Å². The van der Waals surface area contributed by atoms with E-state index in [1.807, 2.05) is 0 Å². The molecular formula is C14H20F3N3O. The van der Waals surface area contributed by atoms with E-state index >= 15 is 0 Å². The summed E-state index contributed by atoms with van der Waals surface area (Å²) in [5.74, 6) is -0.230. The number of hydrogen-bond acceptors (Lipinski definition) is 3. The van der Waals surface area contributed by atoms with Crippen molar-refractivity contribution in [3.05, 3.63) is 0 Å². The highest BCUT2D eigenvalue weighted by molar-refractivity contribution is 5.88. The van der Waals surface area contributed by atoms with Gasteiger partial charge in [0.05, 0.1) is 10.8 Å². The van der Waals surface area contributed by atoms with Crippen LogP contribution >= 0.6 is 0 Å². The first kappa shape index (κ1) is 13.8. The molecule has 0 aromatic carbocycles. The molecular weight excluding hydrogens is 283 g/mol. The van der Waals surface area contributed by atoms with Crippen molar-refractivity contribution >= 4 is 5.91 Å². The van der Waals surface area contributed by atoms with Crippen molar-refractivity contribution < 1.29 is 18.0 Å². The minimum atomic E-state index is -4.36.